The summed E-state index contributed by atoms with van der Waals surface area (Å²) >= 11 is 2.36. The van der Waals surface area contributed by atoms with Crippen LogP contribution in [0.5, 0.6) is 0 Å². The molecule has 4 rings (SSSR count). The van der Waals surface area contributed by atoms with E-state index in [0.717, 1.165) is 49.4 Å². The van der Waals surface area contributed by atoms with Crippen molar-refractivity contribution in [3.05, 3.63) is 79.9 Å². The molecule has 2 heterocycles. The normalized spacial score (nSPS) is 15.9. The fourth-order valence-corrected chi connectivity index (χ4v) is 4.69. The van der Waals surface area contributed by atoms with Crippen molar-refractivity contribution < 1.29 is 0 Å². The molecule has 2 aromatic carbocycles. The van der Waals surface area contributed by atoms with Gasteiger partial charge in [-0.15, -0.1) is 0 Å². The van der Waals surface area contributed by atoms with Crippen LogP contribution >= 0.6 is 22.6 Å². The number of nitrogens with zero attached hydrogens (tertiary/aromatic N) is 2. The molecule has 1 aliphatic rings. The fraction of sp³-hybridized carbons (Fsp3) is 0.318. The van der Waals surface area contributed by atoms with Gasteiger partial charge in [0, 0.05) is 34.9 Å². The van der Waals surface area contributed by atoms with Gasteiger partial charge in [-0.05, 0) is 65.6 Å². The SMILES string of the molecule is Cc1c(-c2ccccc2)[nH]c(=O)n1C1CCN(Cc2cccc(I)c2)CC1. The molecule has 0 amide bonds. The Bertz CT molecular complexity index is 969. The molecule has 0 spiro atoms. The number of piperidine rings is 1. The van der Waals surface area contributed by atoms with Crippen molar-refractivity contribution in [2.24, 2.45) is 0 Å². The Morgan fingerprint density at radius 3 is 2.52 bits per heavy atom. The molecular weight excluding hydrogens is 449 g/mol. The molecule has 0 radical (unpaired) electrons. The minimum atomic E-state index is 0.0161. The van der Waals surface area contributed by atoms with Crippen LogP contribution in [0.15, 0.2) is 59.4 Å². The second-order valence-electron chi connectivity index (χ2n) is 7.26. The molecule has 4 nitrogen and oxygen atoms in total. The van der Waals surface area contributed by atoms with Gasteiger partial charge in [-0.25, -0.2) is 4.79 Å². The summed E-state index contributed by atoms with van der Waals surface area (Å²) in [5, 5.41) is 0. The number of aromatic amines is 1. The van der Waals surface area contributed by atoms with Crippen molar-refractivity contribution in [1.29, 1.82) is 0 Å². The highest BCUT2D eigenvalue weighted by Gasteiger charge is 2.24. The standard InChI is InChI=1S/C22H24IN3O/c1-16-21(18-7-3-2-4-8-18)24-22(27)26(16)20-10-12-25(13-11-20)15-17-6-5-9-19(23)14-17/h2-9,14,20H,10-13,15H2,1H3,(H,24,27). The molecule has 1 N–H and O–H groups in total. The van der Waals surface area contributed by atoms with Gasteiger partial charge in [0.2, 0.25) is 0 Å². The predicted octanol–water partition coefficient (Wildman–Crippen LogP) is 4.59. The molecule has 0 bridgehead atoms. The second-order valence-corrected chi connectivity index (χ2v) is 8.51. The number of benzene rings is 2. The van der Waals surface area contributed by atoms with Gasteiger partial charge in [0.15, 0.2) is 0 Å². The summed E-state index contributed by atoms with van der Waals surface area (Å²) in [7, 11) is 0. The van der Waals surface area contributed by atoms with Crippen LogP contribution in [0.25, 0.3) is 11.3 Å². The predicted molar refractivity (Wildman–Crippen MR) is 118 cm³/mol. The second kappa shape index (κ2) is 8.02. The highest BCUT2D eigenvalue weighted by Crippen LogP contribution is 2.27. The van der Waals surface area contributed by atoms with E-state index in [-0.39, 0.29) is 11.7 Å². The third-order valence-corrected chi connectivity index (χ3v) is 6.12. The number of H-pyrrole nitrogens is 1. The monoisotopic (exact) mass is 473 g/mol. The van der Waals surface area contributed by atoms with Crippen molar-refractivity contribution in [1.82, 2.24) is 14.5 Å². The Hall–Kier alpha value is -1.86. The van der Waals surface area contributed by atoms with Crippen LogP contribution in [-0.4, -0.2) is 27.5 Å². The first-order chi connectivity index (χ1) is 13.1. The molecule has 1 aliphatic heterocycles. The Morgan fingerprint density at radius 1 is 1.07 bits per heavy atom. The lowest BCUT2D eigenvalue weighted by Crippen LogP contribution is -2.37. The minimum absolute atomic E-state index is 0.0161. The molecule has 3 aromatic rings. The van der Waals surface area contributed by atoms with Crippen LogP contribution in [0.4, 0.5) is 0 Å². The van der Waals surface area contributed by atoms with E-state index in [4.69, 9.17) is 0 Å². The first kappa shape index (κ1) is 18.5. The van der Waals surface area contributed by atoms with Crippen molar-refractivity contribution in [3.63, 3.8) is 0 Å². The van der Waals surface area contributed by atoms with Crippen molar-refractivity contribution in [2.45, 2.75) is 32.4 Å². The lowest BCUT2D eigenvalue weighted by Gasteiger charge is -2.32. The van der Waals surface area contributed by atoms with Gasteiger partial charge >= 0.3 is 5.69 Å². The first-order valence-electron chi connectivity index (χ1n) is 9.45. The first-order valence-corrected chi connectivity index (χ1v) is 10.5. The van der Waals surface area contributed by atoms with Gasteiger partial charge in [0.25, 0.3) is 0 Å². The highest BCUT2D eigenvalue weighted by atomic mass is 127. The zero-order valence-corrected chi connectivity index (χ0v) is 17.6. The maximum absolute atomic E-state index is 12.6. The maximum Gasteiger partial charge on any atom is 0.326 e. The number of aromatic nitrogens is 2. The van der Waals surface area contributed by atoms with Gasteiger partial charge in [0.05, 0.1) is 5.69 Å². The molecule has 5 heteroatoms. The number of rotatable bonds is 4. The molecule has 1 fully saturated rings. The average Bonchev–Trinajstić information content (AvgIpc) is 2.98. The number of hydrogen-bond acceptors (Lipinski definition) is 2. The van der Waals surface area contributed by atoms with E-state index in [2.05, 4.69) is 63.7 Å². The largest absolute Gasteiger partial charge is 0.326 e. The number of imidazole rings is 1. The highest BCUT2D eigenvalue weighted by molar-refractivity contribution is 14.1. The summed E-state index contributed by atoms with van der Waals surface area (Å²) in [5.74, 6) is 0. The minimum Gasteiger partial charge on any atom is -0.305 e. The van der Waals surface area contributed by atoms with Gasteiger partial charge < -0.3 is 4.98 Å². The van der Waals surface area contributed by atoms with Crippen molar-refractivity contribution in [2.75, 3.05) is 13.1 Å². The number of halogens is 1. The molecule has 1 saturated heterocycles. The number of nitrogens with one attached hydrogen (secondary N) is 1. The van der Waals surface area contributed by atoms with E-state index in [1.165, 1.54) is 9.13 Å². The number of hydrogen-bond donors (Lipinski definition) is 1. The molecule has 0 atom stereocenters. The number of likely N-dealkylation sites (tertiary alicyclic amines) is 1. The quantitative estimate of drug-likeness (QED) is 0.564. The zero-order chi connectivity index (χ0) is 18.8. The van der Waals surface area contributed by atoms with Crippen molar-refractivity contribution in [3.8, 4) is 11.3 Å². The molecule has 0 unspecified atom stereocenters. The summed E-state index contributed by atoms with van der Waals surface area (Å²) in [6, 6.07) is 19.1. The molecular formula is C22H24IN3O. The summed E-state index contributed by atoms with van der Waals surface area (Å²) < 4.78 is 3.26. The third kappa shape index (κ3) is 4.04. The molecule has 0 aliphatic carbocycles. The third-order valence-electron chi connectivity index (χ3n) is 5.45. The topological polar surface area (TPSA) is 41.0 Å². The van der Waals surface area contributed by atoms with Crippen LogP contribution in [0.1, 0.15) is 30.1 Å². The van der Waals surface area contributed by atoms with Gasteiger partial charge in [-0.1, -0.05) is 42.5 Å². The Balaban J connectivity index is 1.47. The summed E-state index contributed by atoms with van der Waals surface area (Å²) in [6.07, 6.45) is 2.02. The van der Waals surface area contributed by atoms with Gasteiger partial charge in [-0.2, -0.15) is 0 Å². The molecule has 27 heavy (non-hydrogen) atoms. The maximum atomic E-state index is 12.6. The lowest BCUT2D eigenvalue weighted by atomic mass is 10.0. The Labute approximate surface area is 173 Å². The van der Waals surface area contributed by atoms with Gasteiger partial charge in [-0.3, -0.25) is 9.47 Å². The zero-order valence-electron chi connectivity index (χ0n) is 15.5. The van der Waals surface area contributed by atoms with E-state index in [9.17, 15) is 4.79 Å². The van der Waals surface area contributed by atoms with E-state index in [1.54, 1.807) is 0 Å². The smallest absolute Gasteiger partial charge is 0.305 e. The van der Waals surface area contributed by atoms with Crippen LogP contribution in [0.3, 0.4) is 0 Å². The van der Waals surface area contributed by atoms with Crippen LogP contribution in [0, 0.1) is 10.5 Å². The fourth-order valence-electron chi connectivity index (χ4n) is 4.09. The average molecular weight is 473 g/mol. The molecule has 140 valence electrons. The van der Waals surface area contributed by atoms with E-state index >= 15 is 0 Å². The van der Waals surface area contributed by atoms with Crippen molar-refractivity contribution >= 4 is 22.6 Å². The van der Waals surface area contributed by atoms with E-state index < -0.39 is 0 Å². The van der Waals surface area contributed by atoms with E-state index in [0.29, 0.717) is 0 Å². The summed E-state index contributed by atoms with van der Waals surface area (Å²) in [4.78, 5) is 18.2. The van der Waals surface area contributed by atoms with Gasteiger partial charge in [0.1, 0.15) is 0 Å². The summed E-state index contributed by atoms with van der Waals surface area (Å²) in [5.41, 5.74) is 4.44. The molecule has 1 aromatic heterocycles. The Morgan fingerprint density at radius 2 is 1.81 bits per heavy atom. The van der Waals surface area contributed by atoms with Crippen LogP contribution in [-0.2, 0) is 6.54 Å². The lowest BCUT2D eigenvalue weighted by molar-refractivity contribution is 0.177. The van der Waals surface area contributed by atoms with E-state index in [1.807, 2.05) is 34.9 Å². The Kier molecular flexibility index (Phi) is 5.50. The molecule has 0 saturated carbocycles. The van der Waals surface area contributed by atoms with Crippen LogP contribution < -0.4 is 5.69 Å². The summed E-state index contributed by atoms with van der Waals surface area (Å²) in [6.45, 7) is 5.08. The van der Waals surface area contributed by atoms with Crippen LogP contribution in [0.2, 0.25) is 0 Å².